The van der Waals surface area contributed by atoms with E-state index in [0.717, 1.165) is 18.2 Å². The van der Waals surface area contributed by atoms with Crippen LogP contribution in [-0.4, -0.2) is 44.5 Å². The van der Waals surface area contributed by atoms with Crippen LogP contribution in [-0.2, 0) is 22.1 Å². The number of methoxy groups -OCH3 is 1. The second kappa shape index (κ2) is 11.2. The highest BCUT2D eigenvalue weighted by atomic mass is 19.4. The molecule has 0 saturated heterocycles. The monoisotopic (exact) mass is 534 g/mol. The summed E-state index contributed by atoms with van der Waals surface area (Å²) < 4.78 is 68.9. The number of nitro benzene ring substituents is 1. The van der Waals surface area contributed by atoms with Gasteiger partial charge in [0.25, 0.3) is 5.91 Å². The van der Waals surface area contributed by atoms with Crippen molar-refractivity contribution in [2.45, 2.75) is 12.6 Å². The molecular formula is C26H22F4N2O6. The van der Waals surface area contributed by atoms with E-state index in [1.807, 2.05) is 0 Å². The number of anilines is 1. The summed E-state index contributed by atoms with van der Waals surface area (Å²) in [5.74, 6) is -1.38. The minimum atomic E-state index is -4.51. The lowest BCUT2D eigenvalue weighted by molar-refractivity contribution is -0.386. The Labute approximate surface area is 214 Å². The fraction of sp³-hybridized carbons (Fsp3) is 0.269. The molecule has 0 spiro atoms. The number of rotatable bonds is 9. The number of nitrogens with zero attached hydrogens (tertiary/aromatic N) is 2. The van der Waals surface area contributed by atoms with Crippen molar-refractivity contribution in [3.8, 4) is 16.9 Å². The zero-order chi connectivity index (χ0) is 27.4. The molecule has 0 N–H and O–H groups in total. The van der Waals surface area contributed by atoms with Crippen LogP contribution in [0, 0.1) is 15.9 Å². The number of fused-ring (bicyclic) bond motifs is 1. The molecule has 0 aromatic heterocycles. The van der Waals surface area contributed by atoms with E-state index in [1.165, 1.54) is 48.4 Å². The molecule has 4 rings (SSSR count). The number of amides is 1. The van der Waals surface area contributed by atoms with Gasteiger partial charge in [0, 0.05) is 30.8 Å². The topological polar surface area (TPSA) is 91.1 Å². The Kier molecular flexibility index (Phi) is 7.93. The van der Waals surface area contributed by atoms with Crippen molar-refractivity contribution < 1.29 is 41.5 Å². The third-order valence-electron chi connectivity index (χ3n) is 5.98. The first-order chi connectivity index (χ1) is 18.1. The molecule has 38 heavy (non-hydrogen) atoms. The molecule has 0 atom stereocenters. The molecule has 0 fully saturated rings. The Morgan fingerprint density at radius 1 is 1.03 bits per heavy atom. The summed E-state index contributed by atoms with van der Waals surface area (Å²) in [5.41, 5.74) is -0.0969. The van der Waals surface area contributed by atoms with Crippen LogP contribution in [0.2, 0.25) is 0 Å². The van der Waals surface area contributed by atoms with Crippen LogP contribution >= 0.6 is 0 Å². The van der Waals surface area contributed by atoms with Gasteiger partial charge in [-0.05, 0) is 53.9 Å². The van der Waals surface area contributed by atoms with E-state index < -0.39 is 28.4 Å². The van der Waals surface area contributed by atoms with Crippen LogP contribution in [0.1, 0.15) is 21.5 Å². The highest BCUT2D eigenvalue weighted by molar-refractivity contribution is 6.08. The summed E-state index contributed by atoms with van der Waals surface area (Å²) in [6.45, 7) is 0.484. The Bertz CT molecular complexity index is 1340. The van der Waals surface area contributed by atoms with Crippen molar-refractivity contribution in [3.05, 3.63) is 87.2 Å². The van der Waals surface area contributed by atoms with Gasteiger partial charge in [-0.15, -0.1) is 0 Å². The van der Waals surface area contributed by atoms with E-state index >= 15 is 4.39 Å². The van der Waals surface area contributed by atoms with Gasteiger partial charge in [0.05, 0.1) is 29.4 Å². The fourth-order valence-electron chi connectivity index (χ4n) is 4.05. The quantitative estimate of drug-likeness (QED) is 0.116. The van der Waals surface area contributed by atoms with E-state index in [0.29, 0.717) is 18.6 Å². The lowest BCUT2D eigenvalue weighted by Gasteiger charge is -2.29. The molecule has 0 aliphatic carbocycles. The Balaban J connectivity index is 1.56. The van der Waals surface area contributed by atoms with Crippen LogP contribution in [0.5, 0.6) is 5.75 Å². The van der Waals surface area contributed by atoms with E-state index in [-0.39, 0.29) is 53.8 Å². The van der Waals surface area contributed by atoms with Gasteiger partial charge in [0.2, 0.25) is 0 Å². The minimum Gasteiger partial charge on any atom is -0.460 e. The minimum absolute atomic E-state index is 0.0479. The molecule has 12 heteroatoms. The summed E-state index contributed by atoms with van der Waals surface area (Å²) >= 11 is 0. The SMILES string of the molecule is COCCOCOc1ccc(N2CCc3cc(-c4ccc(C(F)(F)F)cc4)c(F)cc3C2=O)cc1[N+](=O)[O-]. The predicted molar refractivity (Wildman–Crippen MR) is 129 cm³/mol. The molecule has 1 aliphatic rings. The van der Waals surface area contributed by atoms with Crippen LogP contribution in [0.25, 0.3) is 11.1 Å². The third-order valence-corrected chi connectivity index (χ3v) is 5.98. The third kappa shape index (κ3) is 5.76. The number of hydrogen-bond acceptors (Lipinski definition) is 6. The largest absolute Gasteiger partial charge is 0.460 e. The van der Waals surface area contributed by atoms with Crippen molar-refractivity contribution in [1.82, 2.24) is 0 Å². The second-order valence-corrected chi connectivity index (χ2v) is 8.34. The fourth-order valence-corrected chi connectivity index (χ4v) is 4.05. The molecule has 200 valence electrons. The molecule has 1 amide bonds. The molecule has 1 aliphatic heterocycles. The maximum absolute atomic E-state index is 15.0. The molecule has 0 bridgehead atoms. The first kappa shape index (κ1) is 27.0. The number of hydrogen-bond donors (Lipinski definition) is 0. The van der Waals surface area contributed by atoms with Gasteiger partial charge in [0.1, 0.15) is 5.82 Å². The molecule has 1 heterocycles. The summed E-state index contributed by atoms with van der Waals surface area (Å²) in [6, 6.07) is 10.6. The smallest absolute Gasteiger partial charge is 0.416 e. The van der Waals surface area contributed by atoms with Gasteiger partial charge in [-0.3, -0.25) is 14.9 Å². The van der Waals surface area contributed by atoms with Crippen molar-refractivity contribution in [3.63, 3.8) is 0 Å². The maximum atomic E-state index is 15.0. The van der Waals surface area contributed by atoms with Gasteiger partial charge in [-0.1, -0.05) is 12.1 Å². The zero-order valence-corrected chi connectivity index (χ0v) is 20.1. The number of halogens is 4. The lowest BCUT2D eigenvalue weighted by atomic mass is 9.93. The molecule has 0 radical (unpaired) electrons. The van der Waals surface area contributed by atoms with Gasteiger partial charge >= 0.3 is 11.9 Å². The predicted octanol–water partition coefficient (Wildman–Crippen LogP) is 5.62. The number of nitro groups is 1. The van der Waals surface area contributed by atoms with Crippen molar-refractivity contribution in [2.75, 3.05) is 38.6 Å². The normalized spacial score (nSPS) is 13.4. The first-order valence-electron chi connectivity index (χ1n) is 11.4. The van der Waals surface area contributed by atoms with E-state index in [2.05, 4.69) is 0 Å². The summed E-state index contributed by atoms with van der Waals surface area (Å²) in [7, 11) is 1.50. The highest BCUT2D eigenvalue weighted by Gasteiger charge is 2.31. The Morgan fingerprint density at radius 3 is 2.42 bits per heavy atom. The molecule has 3 aromatic rings. The standard InChI is InChI=1S/C26H22F4N2O6/c1-36-10-11-37-15-38-24-7-6-19(13-23(24)32(34)35)31-9-8-17-12-20(22(27)14-21(17)25(31)33)16-2-4-18(5-3-16)26(28,29)30/h2-7,12-14H,8-11,15H2,1H3. The molecule has 0 unspecified atom stereocenters. The summed E-state index contributed by atoms with van der Waals surface area (Å²) in [6.07, 6.45) is -4.21. The van der Waals surface area contributed by atoms with Crippen molar-refractivity contribution >= 4 is 17.3 Å². The maximum Gasteiger partial charge on any atom is 0.416 e. The first-order valence-corrected chi connectivity index (χ1v) is 11.4. The van der Waals surface area contributed by atoms with Crippen LogP contribution in [0.15, 0.2) is 54.6 Å². The number of carbonyl (C=O) groups is 1. The second-order valence-electron chi connectivity index (χ2n) is 8.34. The number of ether oxygens (including phenoxy) is 3. The number of benzene rings is 3. The average molecular weight is 534 g/mol. The average Bonchev–Trinajstić information content (AvgIpc) is 2.88. The van der Waals surface area contributed by atoms with Gasteiger partial charge in [-0.2, -0.15) is 13.2 Å². The molecule has 0 saturated carbocycles. The number of carbonyl (C=O) groups excluding carboxylic acids is 1. The van der Waals surface area contributed by atoms with Crippen LogP contribution < -0.4 is 9.64 Å². The Hall–Kier alpha value is -4.03. The van der Waals surface area contributed by atoms with Crippen LogP contribution in [0.3, 0.4) is 0 Å². The molecule has 8 nitrogen and oxygen atoms in total. The summed E-state index contributed by atoms with van der Waals surface area (Å²) in [5, 5.41) is 11.6. The van der Waals surface area contributed by atoms with Crippen molar-refractivity contribution in [2.24, 2.45) is 0 Å². The van der Waals surface area contributed by atoms with Gasteiger partial charge < -0.3 is 19.1 Å². The van der Waals surface area contributed by atoms with Crippen molar-refractivity contribution in [1.29, 1.82) is 0 Å². The lowest BCUT2D eigenvalue weighted by Crippen LogP contribution is -2.37. The number of alkyl halides is 3. The highest BCUT2D eigenvalue weighted by Crippen LogP contribution is 2.36. The Morgan fingerprint density at radius 2 is 1.76 bits per heavy atom. The van der Waals surface area contributed by atoms with E-state index in [4.69, 9.17) is 14.2 Å². The molecule has 3 aromatic carbocycles. The van der Waals surface area contributed by atoms with Crippen LogP contribution in [0.4, 0.5) is 28.9 Å². The zero-order valence-electron chi connectivity index (χ0n) is 20.1. The van der Waals surface area contributed by atoms with Gasteiger partial charge in [0.15, 0.2) is 12.5 Å². The van der Waals surface area contributed by atoms with E-state index in [1.54, 1.807) is 0 Å². The molecular weight excluding hydrogens is 512 g/mol. The van der Waals surface area contributed by atoms with Gasteiger partial charge in [-0.25, -0.2) is 4.39 Å². The van der Waals surface area contributed by atoms with E-state index in [9.17, 15) is 28.1 Å². The summed E-state index contributed by atoms with van der Waals surface area (Å²) in [4.78, 5) is 25.5.